The molecule has 0 radical (unpaired) electrons. The maximum atomic E-state index is 10.5. The van der Waals surface area contributed by atoms with Crippen LogP contribution in [0.1, 0.15) is 12.0 Å². The third-order valence-corrected chi connectivity index (χ3v) is 2.80. The first-order valence-electron chi connectivity index (χ1n) is 4.73. The van der Waals surface area contributed by atoms with E-state index in [-0.39, 0.29) is 17.7 Å². The number of hydrogen-bond acceptors (Lipinski definition) is 5. The van der Waals surface area contributed by atoms with Gasteiger partial charge in [0, 0.05) is 18.8 Å². The fourth-order valence-electron chi connectivity index (χ4n) is 1.90. The molecule has 0 spiro atoms. The minimum Gasteiger partial charge on any atom is -0.504 e. The Bertz CT molecular complexity index is 406. The predicted molar refractivity (Wildman–Crippen MR) is 56.1 cm³/mol. The molecular formula is C10H12N2O3. The smallest absolute Gasteiger partial charge is 0.163 e. The van der Waals surface area contributed by atoms with Crippen molar-refractivity contribution in [2.24, 2.45) is 5.18 Å². The number of phenolic OH excluding ortho intramolecular Hbond substituents is 2. The van der Waals surface area contributed by atoms with Crippen molar-refractivity contribution in [1.82, 2.24) is 0 Å². The van der Waals surface area contributed by atoms with Gasteiger partial charge >= 0.3 is 0 Å². The van der Waals surface area contributed by atoms with Crippen LogP contribution in [0, 0.1) is 4.91 Å². The van der Waals surface area contributed by atoms with Crippen molar-refractivity contribution in [3.05, 3.63) is 22.6 Å². The second-order valence-corrected chi connectivity index (χ2v) is 3.71. The topological polar surface area (TPSA) is 73.1 Å². The number of nitroso groups, excluding NO2 is 1. The molecule has 1 unspecified atom stereocenters. The fraction of sp³-hybridized carbons (Fsp3) is 0.400. The van der Waals surface area contributed by atoms with Crippen LogP contribution in [0.2, 0.25) is 0 Å². The highest BCUT2D eigenvalue weighted by molar-refractivity contribution is 5.62. The van der Waals surface area contributed by atoms with E-state index < -0.39 is 0 Å². The molecule has 80 valence electrons. The summed E-state index contributed by atoms with van der Waals surface area (Å²) in [6, 6.07) is 2.99. The monoisotopic (exact) mass is 208 g/mol. The lowest BCUT2D eigenvalue weighted by atomic mass is 9.99. The molecule has 1 aliphatic heterocycles. The van der Waals surface area contributed by atoms with Crippen LogP contribution < -0.4 is 4.90 Å². The van der Waals surface area contributed by atoms with Gasteiger partial charge < -0.3 is 15.1 Å². The SMILES string of the molecule is CN1c2cc(O)c(O)cc2CCC1N=O. The molecule has 15 heavy (non-hydrogen) atoms. The van der Waals surface area contributed by atoms with E-state index in [1.165, 1.54) is 12.1 Å². The van der Waals surface area contributed by atoms with Crippen molar-refractivity contribution < 1.29 is 10.2 Å². The average molecular weight is 208 g/mol. The van der Waals surface area contributed by atoms with Gasteiger partial charge in [-0.25, -0.2) is 0 Å². The lowest BCUT2D eigenvalue weighted by Crippen LogP contribution is -2.34. The summed E-state index contributed by atoms with van der Waals surface area (Å²) in [7, 11) is 1.75. The van der Waals surface area contributed by atoms with E-state index >= 15 is 0 Å². The third kappa shape index (κ3) is 1.49. The molecule has 1 aromatic rings. The maximum Gasteiger partial charge on any atom is 0.163 e. The van der Waals surface area contributed by atoms with Gasteiger partial charge in [0.2, 0.25) is 0 Å². The minimum absolute atomic E-state index is 0.125. The first-order valence-corrected chi connectivity index (χ1v) is 4.73. The molecule has 2 N–H and O–H groups in total. The van der Waals surface area contributed by atoms with Crippen molar-refractivity contribution in [3.8, 4) is 11.5 Å². The Morgan fingerprint density at radius 3 is 2.73 bits per heavy atom. The Balaban J connectivity index is 2.47. The zero-order valence-electron chi connectivity index (χ0n) is 8.34. The first kappa shape index (κ1) is 9.76. The number of phenols is 2. The highest BCUT2D eigenvalue weighted by Gasteiger charge is 2.25. The number of rotatable bonds is 1. The number of benzene rings is 1. The summed E-state index contributed by atoms with van der Waals surface area (Å²) in [5, 5.41) is 21.7. The van der Waals surface area contributed by atoms with E-state index in [0.717, 1.165) is 11.3 Å². The largest absolute Gasteiger partial charge is 0.504 e. The minimum atomic E-state index is -0.388. The van der Waals surface area contributed by atoms with Crippen LogP contribution in [0.5, 0.6) is 11.5 Å². The summed E-state index contributed by atoms with van der Waals surface area (Å²) in [5.74, 6) is -0.299. The van der Waals surface area contributed by atoms with Crippen molar-refractivity contribution >= 4 is 5.69 Å². The van der Waals surface area contributed by atoms with E-state index in [4.69, 9.17) is 0 Å². The van der Waals surface area contributed by atoms with Crippen LogP contribution in [0.15, 0.2) is 17.3 Å². The lowest BCUT2D eigenvalue weighted by molar-refractivity contribution is 0.402. The Kier molecular flexibility index (Phi) is 2.22. The van der Waals surface area contributed by atoms with E-state index in [9.17, 15) is 15.1 Å². The molecule has 0 saturated carbocycles. The van der Waals surface area contributed by atoms with Crippen LogP contribution >= 0.6 is 0 Å². The van der Waals surface area contributed by atoms with Crippen LogP contribution in [-0.2, 0) is 6.42 Å². The van der Waals surface area contributed by atoms with Gasteiger partial charge in [0.15, 0.2) is 17.7 Å². The molecule has 1 atom stereocenters. The van der Waals surface area contributed by atoms with Gasteiger partial charge in [-0.3, -0.25) is 0 Å². The Hall–Kier alpha value is -1.78. The number of aryl methyl sites for hydroxylation is 1. The van der Waals surface area contributed by atoms with Crippen LogP contribution in [0.3, 0.4) is 0 Å². The Morgan fingerprint density at radius 2 is 2.07 bits per heavy atom. The molecular weight excluding hydrogens is 196 g/mol. The molecule has 1 heterocycles. The van der Waals surface area contributed by atoms with Gasteiger partial charge in [0.1, 0.15) is 0 Å². The van der Waals surface area contributed by atoms with Gasteiger partial charge in [0.05, 0.1) is 0 Å². The summed E-state index contributed by atoms with van der Waals surface area (Å²) in [6.07, 6.45) is 0.933. The molecule has 0 bridgehead atoms. The Labute approximate surface area is 86.9 Å². The van der Waals surface area contributed by atoms with Crippen molar-refractivity contribution in [3.63, 3.8) is 0 Å². The second kappa shape index (κ2) is 3.42. The summed E-state index contributed by atoms with van der Waals surface area (Å²) in [5.41, 5.74) is 1.67. The quantitative estimate of drug-likeness (QED) is 0.542. The number of nitrogens with zero attached hydrogens (tertiary/aromatic N) is 2. The number of anilines is 1. The Morgan fingerprint density at radius 1 is 1.40 bits per heavy atom. The predicted octanol–water partition coefficient (Wildman–Crippen LogP) is 1.57. The normalized spacial score (nSPS) is 19.8. The highest BCUT2D eigenvalue weighted by Crippen LogP contribution is 2.37. The van der Waals surface area contributed by atoms with E-state index in [2.05, 4.69) is 5.18 Å². The summed E-state index contributed by atoms with van der Waals surface area (Å²) < 4.78 is 0. The molecule has 0 fully saturated rings. The molecule has 5 nitrogen and oxygen atoms in total. The van der Waals surface area contributed by atoms with Crippen molar-refractivity contribution in [2.45, 2.75) is 19.0 Å². The maximum absolute atomic E-state index is 10.5. The molecule has 0 amide bonds. The molecule has 5 heteroatoms. The second-order valence-electron chi connectivity index (χ2n) is 3.71. The molecule has 0 saturated heterocycles. The molecule has 0 aliphatic carbocycles. The first-order chi connectivity index (χ1) is 7.13. The average Bonchev–Trinajstić information content (AvgIpc) is 2.22. The molecule has 1 aromatic carbocycles. The van der Waals surface area contributed by atoms with Gasteiger partial charge in [-0.05, 0) is 29.6 Å². The molecule has 0 aromatic heterocycles. The zero-order valence-corrected chi connectivity index (χ0v) is 8.34. The van der Waals surface area contributed by atoms with E-state index in [1.807, 2.05) is 0 Å². The lowest BCUT2D eigenvalue weighted by Gasteiger charge is -2.31. The van der Waals surface area contributed by atoms with Crippen molar-refractivity contribution in [1.29, 1.82) is 0 Å². The third-order valence-electron chi connectivity index (χ3n) is 2.80. The van der Waals surface area contributed by atoms with Crippen LogP contribution in [-0.4, -0.2) is 23.4 Å². The van der Waals surface area contributed by atoms with E-state index in [1.54, 1.807) is 11.9 Å². The summed E-state index contributed by atoms with van der Waals surface area (Å²) in [4.78, 5) is 12.2. The van der Waals surface area contributed by atoms with Gasteiger partial charge in [0.25, 0.3) is 0 Å². The standard InChI is InChI=1S/C10H12N2O3/c1-12-7-5-9(14)8(13)4-6(7)2-3-10(12)11-15/h4-5,10,13-14H,2-3H2,1H3. The van der Waals surface area contributed by atoms with Gasteiger partial charge in [-0.2, -0.15) is 0 Å². The molecule has 1 aliphatic rings. The summed E-state index contributed by atoms with van der Waals surface area (Å²) in [6.45, 7) is 0. The number of aromatic hydroxyl groups is 2. The van der Waals surface area contributed by atoms with Crippen LogP contribution in [0.4, 0.5) is 5.69 Å². The molecule has 2 rings (SSSR count). The van der Waals surface area contributed by atoms with Crippen molar-refractivity contribution in [2.75, 3.05) is 11.9 Å². The summed E-state index contributed by atoms with van der Waals surface area (Å²) >= 11 is 0. The number of hydrogen-bond donors (Lipinski definition) is 2. The van der Waals surface area contributed by atoms with Gasteiger partial charge in [-0.1, -0.05) is 0 Å². The van der Waals surface area contributed by atoms with E-state index in [0.29, 0.717) is 12.8 Å². The highest BCUT2D eigenvalue weighted by atomic mass is 16.3. The number of fused-ring (bicyclic) bond motifs is 1. The van der Waals surface area contributed by atoms with Gasteiger partial charge in [-0.15, -0.1) is 4.91 Å². The fourth-order valence-corrected chi connectivity index (χ4v) is 1.90. The van der Waals surface area contributed by atoms with Crippen LogP contribution in [0.25, 0.3) is 0 Å². The zero-order chi connectivity index (χ0) is 11.0.